The van der Waals surface area contributed by atoms with Gasteiger partial charge in [0.15, 0.2) is 9.84 Å². The van der Waals surface area contributed by atoms with Crippen molar-refractivity contribution in [3.8, 4) is 0 Å². The smallest absolute Gasteiger partial charge is 0.200 e. The highest BCUT2D eigenvalue weighted by atomic mass is 79.9. The normalized spacial score (nSPS) is 20.8. The lowest BCUT2D eigenvalue weighted by Crippen LogP contribution is -1.99. The van der Waals surface area contributed by atoms with E-state index in [1.54, 1.807) is 29.3 Å². The predicted octanol–water partition coefficient (Wildman–Crippen LogP) is 2.96. The van der Waals surface area contributed by atoms with Gasteiger partial charge in [-0.15, -0.1) is 0 Å². The lowest BCUT2D eigenvalue weighted by molar-refractivity contribution is 0.215. The van der Waals surface area contributed by atoms with Gasteiger partial charge < -0.3 is 4.74 Å². The first-order valence-electron chi connectivity index (χ1n) is 5.42. The van der Waals surface area contributed by atoms with Crippen LogP contribution in [0.1, 0.15) is 5.56 Å². The van der Waals surface area contributed by atoms with E-state index < -0.39 is 9.84 Å². The zero-order chi connectivity index (χ0) is 13.2. The average molecular weight is 329 g/mol. The molecule has 1 heterocycles. The maximum absolute atomic E-state index is 12.2. The first-order valence-corrected chi connectivity index (χ1v) is 7.89. The minimum absolute atomic E-state index is 0.307. The molecule has 0 saturated carbocycles. The highest BCUT2D eigenvalue weighted by Gasteiger charge is 2.19. The summed E-state index contributed by atoms with van der Waals surface area (Å²) >= 11 is 3.21. The van der Waals surface area contributed by atoms with E-state index in [0.29, 0.717) is 23.7 Å². The van der Waals surface area contributed by atoms with E-state index in [2.05, 4.69) is 15.9 Å². The molecule has 3 nitrogen and oxygen atoms in total. The number of aryl methyl sites for hydroxylation is 1. The van der Waals surface area contributed by atoms with Crippen LogP contribution in [0.15, 0.2) is 50.7 Å². The average Bonchev–Trinajstić information content (AvgIpc) is 2.76. The fourth-order valence-corrected chi connectivity index (χ4v) is 3.32. The number of benzene rings is 1. The molecule has 0 atom stereocenters. The van der Waals surface area contributed by atoms with E-state index in [1.165, 1.54) is 5.41 Å². The Morgan fingerprint density at radius 3 is 2.39 bits per heavy atom. The van der Waals surface area contributed by atoms with Gasteiger partial charge in [-0.25, -0.2) is 8.42 Å². The van der Waals surface area contributed by atoms with Crippen LogP contribution in [0.25, 0.3) is 0 Å². The maximum atomic E-state index is 12.2. The Morgan fingerprint density at radius 1 is 1.17 bits per heavy atom. The molecule has 0 spiro atoms. The molecule has 1 saturated heterocycles. The molecule has 96 valence electrons. The number of hydrogen-bond donors (Lipinski definition) is 0. The molecule has 1 aliphatic heterocycles. The van der Waals surface area contributed by atoms with Crippen molar-refractivity contribution in [2.24, 2.45) is 0 Å². The SMILES string of the molecule is Cc1ccc(S(=O)(=O)/C=C2/COC/C2=C/Br)cc1. The highest BCUT2D eigenvalue weighted by molar-refractivity contribution is 9.11. The Hall–Kier alpha value is -0.910. The van der Waals surface area contributed by atoms with E-state index in [-0.39, 0.29) is 0 Å². The molecule has 0 aromatic heterocycles. The molecule has 1 aromatic rings. The van der Waals surface area contributed by atoms with E-state index in [0.717, 1.165) is 11.1 Å². The van der Waals surface area contributed by atoms with Crippen molar-refractivity contribution in [2.45, 2.75) is 11.8 Å². The zero-order valence-electron chi connectivity index (χ0n) is 9.89. The Kier molecular flexibility index (Phi) is 4.04. The molecule has 0 N–H and O–H groups in total. The fourth-order valence-electron chi connectivity index (χ4n) is 1.65. The second-order valence-electron chi connectivity index (χ2n) is 4.13. The van der Waals surface area contributed by atoms with Crippen molar-refractivity contribution in [3.05, 3.63) is 51.4 Å². The van der Waals surface area contributed by atoms with Gasteiger partial charge in [0, 0.05) is 5.41 Å². The van der Waals surface area contributed by atoms with Crippen molar-refractivity contribution >= 4 is 25.8 Å². The van der Waals surface area contributed by atoms with Crippen LogP contribution in [0.3, 0.4) is 0 Å². The quantitative estimate of drug-likeness (QED) is 0.838. The topological polar surface area (TPSA) is 43.4 Å². The maximum Gasteiger partial charge on any atom is 0.200 e. The summed E-state index contributed by atoms with van der Waals surface area (Å²) in [5, 5.41) is 1.29. The summed E-state index contributed by atoms with van der Waals surface area (Å²) in [5.41, 5.74) is 2.60. The predicted molar refractivity (Wildman–Crippen MR) is 74.3 cm³/mol. The van der Waals surface area contributed by atoms with Crippen molar-refractivity contribution in [1.82, 2.24) is 0 Å². The first-order chi connectivity index (χ1) is 8.53. The zero-order valence-corrected chi connectivity index (χ0v) is 12.3. The van der Waals surface area contributed by atoms with Gasteiger partial charge in [-0.2, -0.15) is 0 Å². The van der Waals surface area contributed by atoms with E-state index >= 15 is 0 Å². The van der Waals surface area contributed by atoms with Gasteiger partial charge in [-0.05, 0) is 35.2 Å². The molecule has 0 radical (unpaired) electrons. The Morgan fingerprint density at radius 2 is 1.78 bits per heavy atom. The Balaban J connectivity index is 2.38. The van der Waals surface area contributed by atoms with E-state index in [4.69, 9.17) is 4.74 Å². The van der Waals surface area contributed by atoms with Crippen LogP contribution in [-0.4, -0.2) is 21.6 Å². The molecule has 0 amide bonds. The van der Waals surface area contributed by atoms with Gasteiger partial charge in [0.1, 0.15) is 0 Å². The van der Waals surface area contributed by atoms with Gasteiger partial charge >= 0.3 is 0 Å². The minimum Gasteiger partial charge on any atom is -0.372 e. The third-order valence-corrected chi connectivity index (χ3v) is 4.78. The van der Waals surface area contributed by atoms with Gasteiger partial charge in [0.2, 0.25) is 0 Å². The minimum atomic E-state index is -3.41. The second-order valence-corrected chi connectivity index (χ2v) is 6.38. The Labute approximate surface area is 115 Å². The molecule has 5 heteroatoms. The van der Waals surface area contributed by atoms with Gasteiger partial charge in [0.25, 0.3) is 0 Å². The van der Waals surface area contributed by atoms with Crippen LogP contribution < -0.4 is 0 Å². The number of rotatable bonds is 2. The summed E-state index contributed by atoms with van der Waals surface area (Å²) in [6.07, 6.45) is 0. The molecule has 0 unspecified atom stereocenters. The molecule has 2 rings (SSSR count). The summed E-state index contributed by atoms with van der Waals surface area (Å²) in [6, 6.07) is 6.82. The molecular formula is C13H13BrO3S. The molecule has 1 aliphatic rings. The molecule has 1 aromatic carbocycles. The highest BCUT2D eigenvalue weighted by Crippen LogP contribution is 2.23. The van der Waals surface area contributed by atoms with Crippen molar-refractivity contribution in [2.75, 3.05) is 13.2 Å². The molecule has 18 heavy (non-hydrogen) atoms. The summed E-state index contributed by atoms with van der Waals surface area (Å²) < 4.78 is 29.6. The van der Waals surface area contributed by atoms with Crippen LogP contribution >= 0.6 is 15.9 Å². The van der Waals surface area contributed by atoms with Crippen LogP contribution in [0.2, 0.25) is 0 Å². The van der Waals surface area contributed by atoms with Crippen LogP contribution in [0.5, 0.6) is 0 Å². The summed E-state index contributed by atoms with van der Waals surface area (Å²) in [5.74, 6) is 0. The van der Waals surface area contributed by atoms with Crippen LogP contribution in [0.4, 0.5) is 0 Å². The fraction of sp³-hybridized carbons (Fsp3) is 0.231. The first kappa shape index (κ1) is 13.5. The summed E-state index contributed by atoms with van der Waals surface area (Å²) in [7, 11) is -3.41. The van der Waals surface area contributed by atoms with Gasteiger partial charge in [-0.3, -0.25) is 0 Å². The summed E-state index contributed by atoms with van der Waals surface area (Å²) in [6.45, 7) is 2.70. The summed E-state index contributed by atoms with van der Waals surface area (Å²) in [4.78, 5) is 2.01. The standard InChI is InChI=1S/C13H13BrO3S/c1-10-2-4-13(5-3-10)18(15,16)9-12-8-17-7-11(12)6-14/h2-6,9H,7-8H2,1H3/b11-6-,12-9-. The van der Waals surface area contributed by atoms with Gasteiger partial charge in [-0.1, -0.05) is 33.6 Å². The number of halogens is 1. The van der Waals surface area contributed by atoms with Crippen LogP contribution in [0, 0.1) is 6.92 Å². The molecular weight excluding hydrogens is 316 g/mol. The molecule has 0 aliphatic carbocycles. The molecule has 0 bridgehead atoms. The lowest BCUT2D eigenvalue weighted by Gasteiger charge is -2.02. The van der Waals surface area contributed by atoms with Crippen molar-refractivity contribution in [1.29, 1.82) is 0 Å². The van der Waals surface area contributed by atoms with Crippen molar-refractivity contribution < 1.29 is 13.2 Å². The van der Waals surface area contributed by atoms with Crippen LogP contribution in [-0.2, 0) is 14.6 Å². The van der Waals surface area contributed by atoms with Gasteiger partial charge in [0.05, 0.1) is 18.1 Å². The molecule has 1 fully saturated rings. The third kappa shape index (κ3) is 2.91. The van der Waals surface area contributed by atoms with E-state index in [9.17, 15) is 8.42 Å². The number of sulfone groups is 1. The monoisotopic (exact) mass is 328 g/mol. The van der Waals surface area contributed by atoms with Crippen molar-refractivity contribution in [3.63, 3.8) is 0 Å². The Bertz CT molecular complexity index is 598. The second kappa shape index (κ2) is 5.38. The largest absolute Gasteiger partial charge is 0.372 e. The number of ether oxygens (including phenoxy) is 1. The lowest BCUT2D eigenvalue weighted by atomic mass is 10.2. The van der Waals surface area contributed by atoms with E-state index in [1.807, 2.05) is 6.92 Å². The number of hydrogen-bond acceptors (Lipinski definition) is 3. The third-order valence-electron chi connectivity index (χ3n) is 2.71.